The van der Waals surface area contributed by atoms with Crippen molar-refractivity contribution in [1.82, 2.24) is 0 Å². The summed E-state index contributed by atoms with van der Waals surface area (Å²) in [6.45, 7) is -0.603. The molecule has 3 rings (SSSR count). The molecule has 1 aliphatic carbocycles. The summed E-state index contributed by atoms with van der Waals surface area (Å²) in [6, 6.07) is 0. The van der Waals surface area contributed by atoms with Crippen LogP contribution in [0.15, 0.2) is 23.5 Å². The van der Waals surface area contributed by atoms with Crippen molar-refractivity contribution in [3.63, 3.8) is 0 Å². The Morgan fingerprint density at radius 3 is 2.63 bits per heavy atom. The van der Waals surface area contributed by atoms with Gasteiger partial charge in [0.05, 0.1) is 31.5 Å². The SMILES string of the molecule is COC(=O)C1=CO[C@@H](O[C@@H]2O[C@H](CO)[C@@H](O)[C@H](O)[C@H]2O)[C@@H]2C(C=O)=CC[C@H]12. The van der Waals surface area contributed by atoms with Crippen LogP contribution in [0, 0.1) is 11.8 Å². The maximum absolute atomic E-state index is 11.9. The van der Waals surface area contributed by atoms with Crippen molar-refractivity contribution >= 4 is 12.3 Å². The first-order valence-corrected chi connectivity index (χ1v) is 8.48. The highest BCUT2D eigenvalue weighted by atomic mass is 16.8. The Balaban J connectivity index is 1.81. The molecule has 8 atom stereocenters. The Labute approximate surface area is 154 Å². The molecule has 3 aliphatic rings. The van der Waals surface area contributed by atoms with Crippen LogP contribution in [0.2, 0.25) is 0 Å². The molecule has 0 unspecified atom stereocenters. The summed E-state index contributed by atoms with van der Waals surface area (Å²) < 4.78 is 21.1. The largest absolute Gasteiger partial charge is 0.471 e. The van der Waals surface area contributed by atoms with Gasteiger partial charge in [-0.25, -0.2) is 4.79 Å². The Morgan fingerprint density at radius 2 is 2.00 bits per heavy atom. The number of aliphatic hydroxyl groups is 4. The minimum absolute atomic E-state index is 0.254. The molecule has 4 N–H and O–H groups in total. The normalized spacial score (nSPS) is 41.1. The molecule has 10 nitrogen and oxygen atoms in total. The summed E-state index contributed by atoms with van der Waals surface area (Å²) in [4.78, 5) is 23.3. The first kappa shape index (κ1) is 19.9. The molecule has 27 heavy (non-hydrogen) atoms. The van der Waals surface area contributed by atoms with Crippen molar-refractivity contribution in [2.24, 2.45) is 11.8 Å². The lowest BCUT2D eigenvalue weighted by atomic mass is 9.83. The molecule has 0 spiro atoms. The standard InChI is InChI=1S/C17H22O10/c1-24-15(23)9-6-25-16(11-7(4-18)2-3-8(9)11)27-17-14(22)13(21)12(20)10(5-19)26-17/h2,4,6,8,10-14,16-17,19-22H,3,5H2,1H3/t8-,10-,11-,12-,13+,14-,16+,17+/m1/s1. The summed E-state index contributed by atoms with van der Waals surface area (Å²) >= 11 is 0. The van der Waals surface area contributed by atoms with Crippen molar-refractivity contribution in [3.05, 3.63) is 23.5 Å². The second-order valence-electron chi connectivity index (χ2n) is 6.59. The van der Waals surface area contributed by atoms with Gasteiger partial charge in [-0.1, -0.05) is 6.08 Å². The summed E-state index contributed by atoms with van der Waals surface area (Å²) in [5, 5.41) is 39.1. The van der Waals surface area contributed by atoms with E-state index >= 15 is 0 Å². The number of carbonyl (C=O) groups is 2. The van der Waals surface area contributed by atoms with Crippen LogP contribution in [-0.4, -0.2) is 83.4 Å². The van der Waals surface area contributed by atoms with Gasteiger partial charge in [0, 0.05) is 5.92 Å². The lowest BCUT2D eigenvalue weighted by Crippen LogP contribution is -2.60. The molecule has 0 bridgehead atoms. The fourth-order valence-electron chi connectivity index (χ4n) is 3.63. The lowest BCUT2D eigenvalue weighted by molar-refractivity contribution is -0.339. The van der Waals surface area contributed by atoms with Crippen LogP contribution in [-0.2, 0) is 28.5 Å². The van der Waals surface area contributed by atoms with Gasteiger partial charge in [0.15, 0.2) is 6.29 Å². The van der Waals surface area contributed by atoms with E-state index < -0.39 is 61.4 Å². The summed E-state index contributed by atoms with van der Waals surface area (Å²) in [5.41, 5.74) is 0.619. The average Bonchev–Trinajstić information content (AvgIpc) is 3.12. The predicted molar refractivity (Wildman–Crippen MR) is 85.6 cm³/mol. The third-order valence-electron chi connectivity index (χ3n) is 5.12. The van der Waals surface area contributed by atoms with Crippen molar-refractivity contribution in [2.75, 3.05) is 13.7 Å². The lowest BCUT2D eigenvalue weighted by Gasteiger charge is -2.42. The quantitative estimate of drug-likeness (QED) is 0.308. The summed E-state index contributed by atoms with van der Waals surface area (Å²) in [7, 11) is 1.23. The first-order chi connectivity index (χ1) is 12.9. The zero-order valence-corrected chi connectivity index (χ0v) is 14.5. The molecule has 0 aromatic rings. The van der Waals surface area contributed by atoms with Crippen LogP contribution in [0.25, 0.3) is 0 Å². The van der Waals surface area contributed by atoms with Crippen LogP contribution >= 0.6 is 0 Å². The van der Waals surface area contributed by atoms with Crippen LogP contribution in [0.1, 0.15) is 6.42 Å². The molecular weight excluding hydrogens is 364 g/mol. The third-order valence-corrected chi connectivity index (χ3v) is 5.12. The van der Waals surface area contributed by atoms with E-state index in [4.69, 9.17) is 18.9 Å². The first-order valence-electron chi connectivity index (χ1n) is 8.48. The molecule has 0 amide bonds. The molecule has 2 aliphatic heterocycles. The molecule has 0 aromatic heterocycles. The Hall–Kier alpha value is -1.82. The molecule has 2 heterocycles. The van der Waals surface area contributed by atoms with Crippen LogP contribution in [0.4, 0.5) is 0 Å². The average molecular weight is 386 g/mol. The number of aliphatic hydroxyl groups excluding tert-OH is 4. The molecule has 150 valence electrons. The predicted octanol–water partition coefficient (Wildman–Crippen LogP) is -2.02. The number of esters is 1. The maximum Gasteiger partial charge on any atom is 0.337 e. The monoisotopic (exact) mass is 386 g/mol. The van der Waals surface area contributed by atoms with Gasteiger partial charge in [-0.3, -0.25) is 4.79 Å². The Kier molecular flexibility index (Phi) is 5.94. The van der Waals surface area contributed by atoms with E-state index in [0.717, 1.165) is 0 Å². The van der Waals surface area contributed by atoms with E-state index in [-0.39, 0.29) is 5.57 Å². The highest BCUT2D eigenvalue weighted by molar-refractivity contribution is 5.90. The number of ether oxygens (including phenoxy) is 4. The van der Waals surface area contributed by atoms with Crippen molar-refractivity contribution in [3.8, 4) is 0 Å². The third kappa shape index (κ3) is 3.51. The summed E-state index contributed by atoms with van der Waals surface area (Å²) in [5.74, 6) is -1.65. The molecule has 0 aromatic carbocycles. The van der Waals surface area contributed by atoms with Gasteiger partial charge >= 0.3 is 5.97 Å². The second-order valence-corrected chi connectivity index (χ2v) is 6.59. The van der Waals surface area contributed by atoms with Crippen LogP contribution in [0.3, 0.4) is 0 Å². The van der Waals surface area contributed by atoms with Crippen LogP contribution < -0.4 is 0 Å². The highest BCUT2D eigenvalue weighted by Crippen LogP contribution is 2.43. The van der Waals surface area contributed by atoms with Gasteiger partial charge < -0.3 is 39.4 Å². The maximum atomic E-state index is 11.9. The van der Waals surface area contributed by atoms with Crippen molar-refractivity contribution in [1.29, 1.82) is 0 Å². The van der Waals surface area contributed by atoms with E-state index in [9.17, 15) is 30.0 Å². The van der Waals surface area contributed by atoms with E-state index in [2.05, 4.69) is 0 Å². The smallest absolute Gasteiger partial charge is 0.337 e. The summed E-state index contributed by atoms with van der Waals surface area (Å²) in [6.07, 6.45) is -4.51. The van der Waals surface area contributed by atoms with Gasteiger partial charge in [0.1, 0.15) is 30.7 Å². The second kappa shape index (κ2) is 8.05. The number of hydrogen-bond acceptors (Lipinski definition) is 10. The molecule has 1 saturated heterocycles. The van der Waals surface area contributed by atoms with E-state index in [0.29, 0.717) is 18.3 Å². The number of carbonyl (C=O) groups excluding carboxylic acids is 2. The van der Waals surface area contributed by atoms with E-state index in [1.807, 2.05) is 0 Å². The van der Waals surface area contributed by atoms with Gasteiger partial charge in [-0.05, 0) is 12.0 Å². The van der Waals surface area contributed by atoms with E-state index in [1.165, 1.54) is 13.4 Å². The van der Waals surface area contributed by atoms with Crippen LogP contribution in [0.5, 0.6) is 0 Å². The minimum Gasteiger partial charge on any atom is -0.471 e. The highest BCUT2D eigenvalue weighted by Gasteiger charge is 2.49. The van der Waals surface area contributed by atoms with Gasteiger partial charge in [-0.15, -0.1) is 0 Å². The number of hydrogen-bond donors (Lipinski definition) is 4. The molecule has 0 saturated carbocycles. The van der Waals surface area contributed by atoms with Gasteiger partial charge in [0.2, 0.25) is 6.29 Å². The van der Waals surface area contributed by atoms with E-state index in [1.54, 1.807) is 6.08 Å². The zero-order valence-electron chi connectivity index (χ0n) is 14.5. The Morgan fingerprint density at radius 1 is 1.26 bits per heavy atom. The fourth-order valence-corrected chi connectivity index (χ4v) is 3.63. The number of methoxy groups -OCH3 is 1. The number of allylic oxidation sites excluding steroid dienone is 1. The van der Waals surface area contributed by atoms with Gasteiger partial charge in [-0.2, -0.15) is 0 Å². The zero-order chi connectivity index (χ0) is 19.7. The number of aldehydes is 1. The Bertz CT molecular complexity index is 642. The topological polar surface area (TPSA) is 152 Å². The fraction of sp³-hybridized carbons (Fsp3) is 0.647. The molecule has 10 heteroatoms. The van der Waals surface area contributed by atoms with Crippen molar-refractivity contribution < 1.29 is 49.0 Å². The van der Waals surface area contributed by atoms with Gasteiger partial charge in [0.25, 0.3) is 0 Å². The molecule has 0 radical (unpaired) electrons. The van der Waals surface area contributed by atoms with Crippen molar-refractivity contribution in [2.45, 2.75) is 43.4 Å². The molecular formula is C17H22O10. The number of rotatable bonds is 5. The molecule has 1 fully saturated rings. The number of fused-ring (bicyclic) bond motifs is 1. The minimum atomic E-state index is -1.61.